The standard InChI is InChI=1S/C15H20FN3O/c1-11-4-2-3-5-14(11)18-19-15(20)10-17-13-8-6-12(16)7-9-13/h5-9,11,17-18H,2-4,10H2,1H3,(H,19,20)/t11-/m0/s1. The van der Waals surface area contributed by atoms with Gasteiger partial charge in [0.15, 0.2) is 0 Å². The Morgan fingerprint density at radius 1 is 1.35 bits per heavy atom. The molecule has 0 unspecified atom stereocenters. The van der Waals surface area contributed by atoms with Crippen LogP contribution in [0.15, 0.2) is 36.0 Å². The quantitative estimate of drug-likeness (QED) is 0.725. The molecule has 0 spiro atoms. The van der Waals surface area contributed by atoms with E-state index < -0.39 is 0 Å². The summed E-state index contributed by atoms with van der Waals surface area (Å²) >= 11 is 0. The van der Waals surface area contributed by atoms with Gasteiger partial charge in [-0.15, -0.1) is 0 Å². The van der Waals surface area contributed by atoms with Crippen LogP contribution in [0.25, 0.3) is 0 Å². The molecule has 0 radical (unpaired) electrons. The van der Waals surface area contributed by atoms with Gasteiger partial charge in [0, 0.05) is 11.4 Å². The Morgan fingerprint density at radius 3 is 2.80 bits per heavy atom. The predicted molar refractivity (Wildman–Crippen MR) is 77.3 cm³/mol. The van der Waals surface area contributed by atoms with E-state index >= 15 is 0 Å². The van der Waals surface area contributed by atoms with Crippen molar-refractivity contribution in [3.05, 3.63) is 41.9 Å². The summed E-state index contributed by atoms with van der Waals surface area (Å²) in [6.45, 7) is 2.28. The summed E-state index contributed by atoms with van der Waals surface area (Å²) in [6, 6.07) is 5.91. The summed E-state index contributed by atoms with van der Waals surface area (Å²) in [5.74, 6) is 0.00185. The number of carbonyl (C=O) groups excluding carboxylic acids is 1. The zero-order valence-electron chi connectivity index (χ0n) is 11.6. The van der Waals surface area contributed by atoms with E-state index in [2.05, 4.69) is 29.2 Å². The van der Waals surface area contributed by atoms with Crippen LogP contribution >= 0.6 is 0 Å². The van der Waals surface area contributed by atoms with Crippen LogP contribution in [0.5, 0.6) is 0 Å². The smallest absolute Gasteiger partial charge is 0.257 e. The molecule has 0 aromatic heterocycles. The van der Waals surface area contributed by atoms with Crippen molar-refractivity contribution in [2.75, 3.05) is 11.9 Å². The molecule has 1 aromatic carbocycles. The van der Waals surface area contributed by atoms with Gasteiger partial charge in [0.2, 0.25) is 0 Å². The van der Waals surface area contributed by atoms with Crippen LogP contribution in [-0.4, -0.2) is 12.5 Å². The van der Waals surface area contributed by atoms with Crippen LogP contribution in [0.2, 0.25) is 0 Å². The zero-order valence-corrected chi connectivity index (χ0v) is 11.6. The normalized spacial score (nSPS) is 18.1. The Balaban J connectivity index is 1.73. The first kappa shape index (κ1) is 14.4. The molecule has 1 aromatic rings. The van der Waals surface area contributed by atoms with Crippen LogP contribution in [0.3, 0.4) is 0 Å². The molecular formula is C15H20FN3O. The van der Waals surface area contributed by atoms with E-state index in [1.54, 1.807) is 12.1 Å². The average molecular weight is 277 g/mol. The fourth-order valence-corrected chi connectivity index (χ4v) is 2.15. The van der Waals surface area contributed by atoms with Crippen molar-refractivity contribution < 1.29 is 9.18 Å². The van der Waals surface area contributed by atoms with Crippen molar-refractivity contribution in [3.8, 4) is 0 Å². The number of rotatable bonds is 5. The van der Waals surface area contributed by atoms with Gasteiger partial charge >= 0.3 is 0 Å². The Bertz CT molecular complexity index is 484. The van der Waals surface area contributed by atoms with Crippen molar-refractivity contribution in [1.29, 1.82) is 0 Å². The zero-order chi connectivity index (χ0) is 14.4. The number of hydrogen-bond acceptors (Lipinski definition) is 3. The molecule has 0 bridgehead atoms. The molecule has 108 valence electrons. The molecule has 0 saturated heterocycles. The number of amides is 1. The Labute approximate surface area is 118 Å². The van der Waals surface area contributed by atoms with Gasteiger partial charge in [-0.1, -0.05) is 13.0 Å². The maximum absolute atomic E-state index is 12.7. The number of benzene rings is 1. The number of hydrazine groups is 1. The lowest BCUT2D eigenvalue weighted by Gasteiger charge is -2.22. The number of anilines is 1. The van der Waals surface area contributed by atoms with Gasteiger partial charge in [0.05, 0.1) is 6.54 Å². The van der Waals surface area contributed by atoms with E-state index in [-0.39, 0.29) is 18.3 Å². The minimum absolute atomic E-state index is 0.139. The third-order valence-corrected chi connectivity index (χ3v) is 3.38. The highest BCUT2D eigenvalue weighted by molar-refractivity contribution is 5.80. The van der Waals surface area contributed by atoms with Crippen molar-refractivity contribution >= 4 is 11.6 Å². The number of halogens is 1. The van der Waals surface area contributed by atoms with Crippen molar-refractivity contribution in [2.45, 2.75) is 26.2 Å². The maximum Gasteiger partial charge on any atom is 0.257 e. The van der Waals surface area contributed by atoms with Gasteiger partial charge in [0.25, 0.3) is 5.91 Å². The molecule has 0 aliphatic heterocycles. The lowest BCUT2D eigenvalue weighted by atomic mass is 9.94. The maximum atomic E-state index is 12.7. The van der Waals surface area contributed by atoms with Crippen LogP contribution in [0, 0.1) is 11.7 Å². The number of carbonyl (C=O) groups is 1. The molecule has 1 aliphatic rings. The summed E-state index contributed by atoms with van der Waals surface area (Å²) in [6.07, 6.45) is 5.52. The van der Waals surface area contributed by atoms with E-state index in [0.717, 1.165) is 18.5 Å². The molecule has 20 heavy (non-hydrogen) atoms. The minimum Gasteiger partial charge on any atom is -0.376 e. The Morgan fingerprint density at radius 2 is 2.10 bits per heavy atom. The molecule has 2 rings (SSSR count). The molecule has 1 amide bonds. The van der Waals surface area contributed by atoms with Crippen LogP contribution in [-0.2, 0) is 4.79 Å². The summed E-state index contributed by atoms with van der Waals surface area (Å²) in [5, 5.41) is 2.93. The lowest BCUT2D eigenvalue weighted by molar-refractivity contribution is -0.120. The highest BCUT2D eigenvalue weighted by atomic mass is 19.1. The second-order valence-electron chi connectivity index (χ2n) is 5.03. The molecule has 0 fully saturated rings. The number of nitrogens with one attached hydrogen (secondary N) is 3. The topological polar surface area (TPSA) is 53.2 Å². The van der Waals surface area contributed by atoms with Crippen LogP contribution in [0.1, 0.15) is 26.2 Å². The average Bonchev–Trinajstić information content (AvgIpc) is 2.46. The number of hydrogen-bond donors (Lipinski definition) is 3. The fourth-order valence-electron chi connectivity index (χ4n) is 2.15. The number of allylic oxidation sites excluding steroid dienone is 2. The van der Waals surface area contributed by atoms with Crippen LogP contribution < -0.4 is 16.2 Å². The SMILES string of the molecule is C[C@H]1CCCC=C1NNC(=O)CNc1ccc(F)cc1. The van der Waals surface area contributed by atoms with E-state index in [4.69, 9.17) is 0 Å². The first-order chi connectivity index (χ1) is 9.65. The van der Waals surface area contributed by atoms with Gasteiger partial charge < -0.3 is 10.7 Å². The van der Waals surface area contributed by atoms with E-state index in [1.165, 1.54) is 18.6 Å². The van der Waals surface area contributed by atoms with Gasteiger partial charge in [-0.2, -0.15) is 0 Å². The first-order valence-electron chi connectivity index (χ1n) is 6.89. The molecular weight excluding hydrogens is 257 g/mol. The Hall–Kier alpha value is -2.04. The van der Waals surface area contributed by atoms with Gasteiger partial charge in [-0.05, 0) is 49.4 Å². The van der Waals surface area contributed by atoms with E-state index in [1.807, 2.05) is 0 Å². The van der Waals surface area contributed by atoms with E-state index in [9.17, 15) is 9.18 Å². The fraction of sp³-hybridized carbons (Fsp3) is 0.400. The summed E-state index contributed by atoms with van der Waals surface area (Å²) in [5.41, 5.74) is 7.44. The second kappa shape index (κ2) is 6.93. The van der Waals surface area contributed by atoms with Gasteiger partial charge in [-0.3, -0.25) is 10.2 Å². The molecule has 0 saturated carbocycles. The van der Waals surface area contributed by atoms with Crippen molar-refractivity contribution in [1.82, 2.24) is 10.9 Å². The highest BCUT2D eigenvalue weighted by Gasteiger charge is 2.13. The minimum atomic E-state index is -0.292. The monoisotopic (exact) mass is 277 g/mol. The first-order valence-corrected chi connectivity index (χ1v) is 6.89. The van der Waals surface area contributed by atoms with Crippen molar-refractivity contribution in [2.24, 2.45) is 5.92 Å². The van der Waals surface area contributed by atoms with Crippen LogP contribution in [0.4, 0.5) is 10.1 Å². The lowest BCUT2D eigenvalue weighted by Crippen LogP contribution is -2.41. The largest absolute Gasteiger partial charge is 0.376 e. The third-order valence-electron chi connectivity index (χ3n) is 3.38. The molecule has 0 heterocycles. The molecule has 5 heteroatoms. The Kier molecular flexibility index (Phi) is 4.98. The third kappa shape index (κ3) is 4.26. The summed E-state index contributed by atoms with van der Waals surface area (Å²) in [7, 11) is 0. The summed E-state index contributed by atoms with van der Waals surface area (Å²) in [4.78, 5) is 11.7. The predicted octanol–water partition coefficient (Wildman–Crippen LogP) is 2.56. The second-order valence-corrected chi connectivity index (χ2v) is 5.03. The van der Waals surface area contributed by atoms with Gasteiger partial charge in [-0.25, -0.2) is 4.39 Å². The molecule has 1 atom stereocenters. The highest BCUT2D eigenvalue weighted by Crippen LogP contribution is 2.21. The summed E-state index contributed by atoms with van der Waals surface area (Å²) < 4.78 is 12.7. The van der Waals surface area contributed by atoms with E-state index in [0.29, 0.717) is 11.6 Å². The van der Waals surface area contributed by atoms with Gasteiger partial charge in [0.1, 0.15) is 5.82 Å². The van der Waals surface area contributed by atoms with Crippen molar-refractivity contribution in [3.63, 3.8) is 0 Å². The molecule has 4 nitrogen and oxygen atoms in total. The molecule has 3 N–H and O–H groups in total. The molecule has 1 aliphatic carbocycles.